The Morgan fingerprint density at radius 3 is 2.34 bits per heavy atom. The number of nitrogens with zero attached hydrogens (tertiary/aromatic N) is 1. The molecule has 5 heteroatoms. The number of benzene rings is 2. The Labute approximate surface area is 207 Å². The maximum absolute atomic E-state index is 12.6. The van der Waals surface area contributed by atoms with Crippen molar-refractivity contribution in [2.75, 3.05) is 11.9 Å². The third kappa shape index (κ3) is 4.63. The zero-order valence-electron chi connectivity index (χ0n) is 20.1. The lowest BCUT2D eigenvalue weighted by molar-refractivity contribution is 0.100. The second-order valence-electron chi connectivity index (χ2n) is 9.65. The predicted octanol–water partition coefficient (Wildman–Crippen LogP) is 6.95. The number of anilines is 1. The fourth-order valence-corrected chi connectivity index (χ4v) is 5.74. The minimum Gasteiger partial charge on any atom is -0.457 e. The summed E-state index contributed by atoms with van der Waals surface area (Å²) in [5.74, 6) is 3.10. The van der Waals surface area contributed by atoms with Crippen molar-refractivity contribution >= 4 is 11.7 Å². The SMILES string of the molecule is C=CC(=C)C1CCC(C2CCNc3c(C(N)=O)c(-c4ccc(Oc5ccccc5)cc4)cn32)CC1. The Bertz CT molecular complexity index is 1220. The van der Waals surface area contributed by atoms with Gasteiger partial charge in [-0.15, -0.1) is 0 Å². The molecular formula is C30H33N3O2. The Balaban J connectivity index is 1.41. The van der Waals surface area contributed by atoms with E-state index >= 15 is 0 Å². The van der Waals surface area contributed by atoms with Crippen molar-refractivity contribution in [3.05, 3.63) is 91.2 Å². The molecule has 180 valence electrons. The van der Waals surface area contributed by atoms with Crippen LogP contribution < -0.4 is 15.8 Å². The quantitative estimate of drug-likeness (QED) is 0.369. The van der Waals surface area contributed by atoms with E-state index in [1.54, 1.807) is 0 Å². The van der Waals surface area contributed by atoms with Gasteiger partial charge in [0.25, 0.3) is 5.91 Å². The van der Waals surface area contributed by atoms with Crippen molar-refractivity contribution in [2.45, 2.75) is 38.1 Å². The number of carbonyl (C=O) groups is 1. The summed E-state index contributed by atoms with van der Waals surface area (Å²) in [6, 6.07) is 17.9. The first-order valence-electron chi connectivity index (χ1n) is 12.5. The van der Waals surface area contributed by atoms with Gasteiger partial charge in [-0.25, -0.2) is 0 Å². The molecule has 1 aliphatic carbocycles. The van der Waals surface area contributed by atoms with E-state index in [1.165, 1.54) is 0 Å². The molecule has 0 saturated heterocycles. The number of ether oxygens (including phenoxy) is 1. The van der Waals surface area contributed by atoms with E-state index in [-0.39, 0.29) is 0 Å². The van der Waals surface area contributed by atoms with Crippen LogP contribution in [0.2, 0.25) is 0 Å². The van der Waals surface area contributed by atoms with Gasteiger partial charge in [0.2, 0.25) is 0 Å². The molecular weight excluding hydrogens is 434 g/mol. The molecule has 3 aromatic rings. The standard InChI is InChI=1S/C30H33N3O2/c1-3-20(2)21-9-11-23(12-10-21)27-17-18-32-30-28(29(31)34)26(19-33(27)30)22-13-15-25(16-14-22)35-24-7-5-4-6-8-24/h3-8,13-16,19,21,23,27,32H,1-2,9-12,17-18H2,(H2,31,34). The van der Waals surface area contributed by atoms with E-state index in [0.29, 0.717) is 23.4 Å². The normalized spacial score (nSPS) is 21.4. The number of allylic oxidation sites excluding steroid dienone is 2. The summed E-state index contributed by atoms with van der Waals surface area (Å²) in [6.45, 7) is 8.91. The Morgan fingerprint density at radius 2 is 1.69 bits per heavy atom. The van der Waals surface area contributed by atoms with Gasteiger partial charge in [0.15, 0.2) is 0 Å². The third-order valence-corrected chi connectivity index (χ3v) is 7.62. The van der Waals surface area contributed by atoms with Crippen LogP contribution in [0.3, 0.4) is 0 Å². The van der Waals surface area contributed by atoms with Crippen LogP contribution in [0.1, 0.15) is 48.5 Å². The first kappa shape index (κ1) is 23.0. The summed E-state index contributed by atoms with van der Waals surface area (Å²) in [5.41, 5.74) is 9.46. The Hall–Kier alpha value is -3.73. The van der Waals surface area contributed by atoms with Crippen LogP contribution in [0, 0.1) is 11.8 Å². The molecule has 1 saturated carbocycles. The number of nitrogens with one attached hydrogen (secondary N) is 1. The zero-order chi connectivity index (χ0) is 24.4. The summed E-state index contributed by atoms with van der Waals surface area (Å²) in [7, 11) is 0. The van der Waals surface area contributed by atoms with E-state index in [4.69, 9.17) is 10.5 Å². The molecule has 2 heterocycles. The maximum Gasteiger partial charge on any atom is 0.253 e. The van der Waals surface area contributed by atoms with Crippen molar-refractivity contribution < 1.29 is 9.53 Å². The van der Waals surface area contributed by atoms with E-state index < -0.39 is 5.91 Å². The van der Waals surface area contributed by atoms with Crippen molar-refractivity contribution in [3.63, 3.8) is 0 Å². The molecule has 0 radical (unpaired) electrons. The minimum atomic E-state index is -0.405. The predicted molar refractivity (Wildman–Crippen MR) is 142 cm³/mol. The average molecular weight is 468 g/mol. The fourth-order valence-electron chi connectivity index (χ4n) is 5.74. The second kappa shape index (κ2) is 9.87. The number of para-hydroxylation sites is 1. The maximum atomic E-state index is 12.6. The van der Waals surface area contributed by atoms with Crippen molar-refractivity contribution in [3.8, 4) is 22.6 Å². The monoisotopic (exact) mass is 467 g/mol. The van der Waals surface area contributed by atoms with Gasteiger partial charge in [-0.2, -0.15) is 0 Å². The molecule has 5 nitrogen and oxygen atoms in total. The minimum absolute atomic E-state index is 0.358. The number of amides is 1. The molecule has 1 atom stereocenters. The van der Waals surface area contributed by atoms with Gasteiger partial charge in [-0.05, 0) is 73.8 Å². The van der Waals surface area contributed by atoms with Crippen molar-refractivity contribution in [1.29, 1.82) is 0 Å². The highest BCUT2D eigenvalue weighted by molar-refractivity contribution is 6.05. The average Bonchev–Trinajstić information content (AvgIpc) is 3.29. The lowest BCUT2D eigenvalue weighted by Crippen LogP contribution is -2.31. The van der Waals surface area contributed by atoms with Gasteiger partial charge >= 0.3 is 0 Å². The molecule has 0 spiro atoms. The second-order valence-corrected chi connectivity index (χ2v) is 9.65. The van der Waals surface area contributed by atoms with E-state index in [1.807, 2.05) is 60.7 Å². The number of hydrogen-bond donors (Lipinski definition) is 2. The lowest BCUT2D eigenvalue weighted by Gasteiger charge is -2.38. The summed E-state index contributed by atoms with van der Waals surface area (Å²) in [6.07, 6.45) is 9.68. The number of primary amides is 1. The first-order valence-corrected chi connectivity index (χ1v) is 12.5. The van der Waals surface area contributed by atoms with Gasteiger partial charge in [0, 0.05) is 24.3 Å². The van der Waals surface area contributed by atoms with Crippen LogP contribution in [-0.4, -0.2) is 17.0 Å². The highest BCUT2D eigenvalue weighted by Gasteiger charge is 2.34. The number of hydrogen-bond acceptors (Lipinski definition) is 3. The highest BCUT2D eigenvalue weighted by atomic mass is 16.5. The molecule has 0 bridgehead atoms. The molecule has 5 rings (SSSR count). The van der Waals surface area contributed by atoms with Crippen LogP contribution in [0.5, 0.6) is 11.5 Å². The van der Waals surface area contributed by atoms with Crippen molar-refractivity contribution in [1.82, 2.24) is 4.57 Å². The highest BCUT2D eigenvalue weighted by Crippen LogP contribution is 2.45. The molecule has 1 unspecified atom stereocenters. The zero-order valence-corrected chi connectivity index (χ0v) is 20.1. The molecule has 1 aliphatic heterocycles. The summed E-state index contributed by atoms with van der Waals surface area (Å²) in [5, 5.41) is 3.46. The molecule has 1 aromatic heterocycles. The number of aromatic nitrogens is 1. The number of nitrogens with two attached hydrogens (primary N) is 1. The lowest BCUT2D eigenvalue weighted by atomic mass is 9.75. The largest absolute Gasteiger partial charge is 0.457 e. The number of fused-ring (bicyclic) bond motifs is 1. The molecule has 35 heavy (non-hydrogen) atoms. The number of rotatable bonds is 7. The molecule has 1 fully saturated rings. The molecule has 3 N–H and O–H groups in total. The van der Waals surface area contributed by atoms with E-state index in [0.717, 1.165) is 72.7 Å². The smallest absolute Gasteiger partial charge is 0.253 e. The topological polar surface area (TPSA) is 69.3 Å². The van der Waals surface area contributed by atoms with Crippen LogP contribution in [-0.2, 0) is 0 Å². The Morgan fingerprint density at radius 1 is 1.00 bits per heavy atom. The first-order chi connectivity index (χ1) is 17.0. The van der Waals surface area contributed by atoms with Crippen molar-refractivity contribution in [2.24, 2.45) is 17.6 Å². The van der Waals surface area contributed by atoms with Gasteiger partial charge in [-0.1, -0.05) is 55.1 Å². The summed E-state index contributed by atoms with van der Waals surface area (Å²) >= 11 is 0. The van der Waals surface area contributed by atoms with Crippen LogP contribution in [0.25, 0.3) is 11.1 Å². The van der Waals surface area contributed by atoms with Crippen LogP contribution in [0.15, 0.2) is 85.6 Å². The Kier molecular flexibility index (Phi) is 6.49. The third-order valence-electron chi connectivity index (χ3n) is 7.62. The fraction of sp³-hybridized carbons (Fsp3) is 0.300. The van der Waals surface area contributed by atoms with Gasteiger partial charge in [-0.3, -0.25) is 4.79 Å². The van der Waals surface area contributed by atoms with E-state index in [9.17, 15) is 4.79 Å². The molecule has 2 aliphatic rings. The number of carbonyl (C=O) groups excluding carboxylic acids is 1. The van der Waals surface area contributed by atoms with Gasteiger partial charge < -0.3 is 20.4 Å². The van der Waals surface area contributed by atoms with Crippen LogP contribution >= 0.6 is 0 Å². The van der Waals surface area contributed by atoms with Gasteiger partial charge in [0.1, 0.15) is 17.3 Å². The van der Waals surface area contributed by atoms with E-state index in [2.05, 4.69) is 29.2 Å². The molecule has 2 aromatic carbocycles. The van der Waals surface area contributed by atoms with Crippen LogP contribution in [0.4, 0.5) is 5.82 Å². The summed E-state index contributed by atoms with van der Waals surface area (Å²) < 4.78 is 8.21. The summed E-state index contributed by atoms with van der Waals surface area (Å²) in [4.78, 5) is 12.6. The molecule has 1 amide bonds. The van der Waals surface area contributed by atoms with Gasteiger partial charge in [0.05, 0.1) is 5.56 Å².